The topological polar surface area (TPSA) is 46.6 Å². The van der Waals surface area contributed by atoms with E-state index in [4.69, 9.17) is 4.74 Å². The summed E-state index contributed by atoms with van der Waals surface area (Å²) in [6, 6.07) is 7.04. The first kappa shape index (κ1) is 13.6. The van der Waals surface area contributed by atoms with E-state index < -0.39 is 0 Å². The van der Waals surface area contributed by atoms with Gasteiger partial charge in [-0.05, 0) is 25.0 Å². The van der Waals surface area contributed by atoms with Crippen LogP contribution in [0.1, 0.15) is 30.1 Å². The number of amides is 1. The molecule has 0 saturated carbocycles. The van der Waals surface area contributed by atoms with Crippen LogP contribution in [0, 0.1) is 5.92 Å². The third kappa shape index (κ3) is 3.13. The lowest BCUT2D eigenvalue weighted by Crippen LogP contribution is -2.43. The number of methoxy groups -OCH3 is 1. The highest BCUT2D eigenvalue weighted by molar-refractivity contribution is 5.99. The van der Waals surface area contributed by atoms with Crippen molar-refractivity contribution in [2.75, 3.05) is 20.2 Å². The Morgan fingerprint density at radius 1 is 1.47 bits per heavy atom. The number of benzene rings is 1. The third-order valence-electron chi connectivity index (χ3n) is 3.52. The van der Waals surface area contributed by atoms with Crippen LogP contribution in [0.4, 0.5) is 0 Å². The number of rotatable bonds is 4. The molecule has 1 aliphatic heterocycles. The maximum Gasteiger partial charge on any atom is 0.225 e. The number of carbonyl (C=O) groups is 2. The number of ether oxygens (including phenoxy) is 1. The molecule has 4 nitrogen and oxygen atoms in total. The minimum absolute atomic E-state index is 0.0341. The van der Waals surface area contributed by atoms with E-state index in [2.05, 4.69) is 0 Å². The molecule has 4 heteroatoms. The van der Waals surface area contributed by atoms with Crippen molar-refractivity contribution in [2.24, 2.45) is 5.92 Å². The molecular weight excluding hydrogens is 242 g/mol. The first-order valence-electron chi connectivity index (χ1n) is 6.58. The molecule has 1 unspecified atom stereocenters. The van der Waals surface area contributed by atoms with Crippen LogP contribution < -0.4 is 4.74 Å². The maximum atomic E-state index is 12.2. The van der Waals surface area contributed by atoms with Crippen molar-refractivity contribution >= 4 is 11.7 Å². The quantitative estimate of drug-likeness (QED) is 0.780. The molecule has 0 N–H and O–H groups in total. The molecule has 1 aromatic rings. The standard InChI is InChI=1S/C15H19NO3/c1-11-5-4-8-16(15(11)18)10-14(17)12-6-3-7-13(9-12)19-2/h3,6-7,9,11H,4-5,8,10H2,1-2H3. The van der Waals surface area contributed by atoms with E-state index in [1.165, 1.54) is 0 Å². The fraction of sp³-hybridized carbons (Fsp3) is 0.467. The second kappa shape index (κ2) is 5.87. The van der Waals surface area contributed by atoms with Gasteiger partial charge in [-0.25, -0.2) is 0 Å². The molecule has 1 fully saturated rings. The van der Waals surface area contributed by atoms with Crippen molar-refractivity contribution in [3.8, 4) is 5.75 Å². The highest BCUT2D eigenvalue weighted by Crippen LogP contribution is 2.18. The Balaban J connectivity index is 2.06. The summed E-state index contributed by atoms with van der Waals surface area (Å²) >= 11 is 0. The number of ketones is 1. The number of likely N-dealkylation sites (tertiary alicyclic amines) is 1. The van der Waals surface area contributed by atoms with Crippen molar-refractivity contribution < 1.29 is 14.3 Å². The van der Waals surface area contributed by atoms with Gasteiger partial charge in [0.05, 0.1) is 13.7 Å². The smallest absolute Gasteiger partial charge is 0.225 e. The van der Waals surface area contributed by atoms with E-state index in [0.717, 1.165) is 12.8 Å². The number of nitrogens with zero attached hydrogens (tertiary/aromatic N) is 1. The molecule has 1 amide bonds. The summed E-state index contributed by atoms with van der Waals surface area (Å²) in [5, 5.41) is 0. The Labute approximate surface area is 113 Å². The molecule has 2 rings (SSSR count). The molecule has 19 heavy (non-hydrogen) atoms. The Bertz CT molecular complexity index is 484. The van der Waals surface area contributed by atoms with E-state index in [9.17, 15) is 9.59 Å². The number of piperidine rings is 1. The van der Waals surface area contributed by atoms with Crippen LogP contribution in [-0.2, 0) is 4.79 Å². The molecule has 0 radical (unpaired) electrons. The highest BCUT2D eigenvalue weighted by atomic mass is 16.5. The van der Waals surface area contributed by atoms with Gasteiger partial charge in [-0.15, -0.1) is 0 Å². The summed E-state index contributed by atoms with van der Waals surface area (Å²) < 4.78 is 5.10. The molecule has 0 bridgehead atoms. The monoisotopic (exact) mass is 261 g/mol. The van der Waals surface area contributed by atoms with Gasteiger partial charge in [-0.3, -0.25) is 9.59 Å². The molecule has 1 atom stereocenters. The minimum atomic E-state index is -0.0404. The first-order valence-corrected chi connectivity index (χ1v) is 6.58. The van der Waals surface area contributed by atoms with Crippen LogP contribution in [0.5, 0.6) is 5.75 Å². The molecular formula is C15H19NO3. The van der Waals surface area contributed by atoms with E-state index in [0.29, 0.717) is 17.9 Å². The SMILES string of the molecule is COc1cccc(C(=O)CN2CCCC(C)C2=O)c1. The van der Waals surface area contributed by atoms with Crippen LogP contribution in [-0.4, -0.2) is 36.8 Å². The third-order valence-corrected chi connectivity index (χ3v) is 3.52. The largest absolute Gasteiger partial charge is 0.497 e. The van der Waals surface area contributed by atoms with Gasteiger partial charge in [0.2, 0.25) is 5.91 Å². The number of Topliss-reactive ketones (excluding diaryl/α,β-unsaturated/α-hetero) is 1. The van der Waals surface area contributed by atoms with E-state index in [1.54, 1.807) is 36.3 Å². The van der Waals surface area contributed by atoms with Crippen molar-refractivity contribution in [3.05, 3.63) is 29.8 Å². The predicted octanol–water partition coefficient (Wildman–Crippen LogP) is 2.14. The molecule has 1 aromatic carbocycles. The Hall–Kier alpha value is -1.84. The fourth-order valence-electron chi connectivity index (χ4n) is 2.35. The predicted molar refractivity (Wildman–Crippen MR) is 72.3 cm³/mol. The van der Waals surface area contributed by atoms with E-state index >= 15 is 0 Å². The molecule has 0 aromatic heterocycles. The van der Waals surface area contributed by atoms with E-state index in [-0.39, 0.29) is 24.2 Å². The zero-order valence-electron chi connectivity index (χ0n) is 11.4. The summed E-state index contributed by atoms with van der Waals surface area (Å²) in [6.07, 6.45) is 1.89. The van der Waals surface area contributed by atoms with Gasteiger partial charge < -0.3 is 9.64 Å². The minimum Gasteiger partial charge on any atom is -0.497 e. The summed E-state index contributed by atoms with van der Waals surface area (Å²) in [5.41, 5.74) is 0.588. The zero-order chi connectivity index (χ0) is 13.8. The fourth-order valence-corrected chi connectivity index (χ4v) is 2.35. The Kier molecular flexibility index (Phi) is 4.20. The lowest BCUT2D eigenvalue weighted by Gasteiger charge is -2.30. The van der Waals surface area contributed by atoms with Gasteiger partial charge in [0.1, 0.15) is 5.75 Å². The molecule has 1 aliphatic rings. The number of carbonyl (C=O) groups excluding carboxylic acids is 2. The maximum absolute atomic E-state index is 12.2. The van der Waals surface area contributed by atoms with Crippen LogP contribution >= 0.6 is 0 Å². The van der Waals surface area contributed by atoms with E-state index in [1.807, 2.05) is 6.92 Å². The van der Waals surface area contributed by atoms with Gasteiger partial charge >= 0.3 is 0 Å². The van der Waals surface area contributed by atoms with Crippen LogP contribution in [0.3, 0.4) is 0 Å². The van der Waals surface area contributed by atoms with Gasteiger partial charge in [0, 0.05) is 18.0 Å². The van der Waals surface area contributed by atoms with Gasteiger partial charge in [0.25, 0.3) is 0 Å². The van der Waals surface area contributed by atoms with Gasteiger partial charge in [-0.1, -0.05) is 19.1 Å². The summed E-state index contributed by atoms with van der Waals surface area (Å²) in [4.78, 5) is 25.8. The van der Waals surface area contributed by atoms with Crippen molar-refractivity contribution in [1.29, 1.82) is 0 Å². The van der Waals surface area contributed by atoms with Crippen molar-refractivity contribution in [1.82, 2.24) is 4.90 Å². The highest BCUT2D eigenvalue weighted by Gasteiger charge is 2.26. The van der Waals surface area contributed by atoms with Crippen molar-refractivity contribution in [2.45, 2.75) is 19.8 Å². The zero-order valence-corrected chi connectivity index (χ0v) is 11.4. The molecule has 1 saturated heterocycles. The first-order chi connectivity index (χ1) is 9.11. The summed E-state index contributed by atoms with van der Waals surface area (Å²) in [5.74, 6) is 0.736. The van der Waals surface area contributed by atoms with Crippen molar-refractivity contribution in [3.63, 3.8) is 0 Å². The molecule has 0 aliphatic carbocycles. The molecule has 1 heterocycles. The molecule has 0 spiro atoms. The number of hydrogen-bond donors (Lipinski definition) is 0. The van der Waals surface area contributed by atoms with Crippen LogP contribution in [0.2, 0.25) is 0 Å². The average Bonchev–Trinajstić information content (AvgIpc) is 2.44. The average molecular weight is 261 g/mol. The summed E-state index contributed by atoms with van der Waals surface area (Å²) in [7, 11) is 1.57. The second-order valence-corrected chi connectivity index (χ2v) is 4.96. The second-order valence-electron chi connectivity index (χ2n) is 4.96. The van der Waals surface area contributed by atoms with Gasteiger partial charge in [-0.2, -0.15) is 0 Å². The summed E-state index contributed by atoms with van der Waals surface area (Å²) in [6.45, 7) is 2.76. The lowest BCUT2D eigenvalue weighted by atomic mass is 9.98. The van der Waals surface area contributed by atoms with Crippen LogP contribution in [0.15, 0.2) is 24.3 Å². The van der Waals surface area contributed by atoms with Gasteiger partial charge in [0.15, 0.2) is 5.78 Å². The number of hydrogen-bond acceptors (Lipinski definition) is 3. The Morgan fingerprint density at radius 3 is 3.00 bits per heavy atom. The van der Waals surface area contributed by atoms with Crippen LogP contribution in [0.25, 0.3) is 0 Å². The Morgan fingerprint density at radius 2 is 2.26 bits per heavy atom. The molecule has 102 valence electrons. The lowest BCUT2D eigenvalue weighted by molar-refractivity contribution is -0.137. The normalized spacial score (nSPS) is 19.4.